The topological polar surface area (TPSA) is 33.1 Å². The summed E-state index contributed by atoms with van der Waals surface area (Å²) in [5.74, 6) is 5.91. The van der Waals surface area contributed by atoms with Gasteiger partial charge in [-0.1, -0.05) is 29.7 Å². The van der Waals surface area contributed by atoms with Crippen LogP contribution in [0.5, 0.6) is 0 Å². The van der Waals surface area contributed by atoms with Crippen molar-refractivity contribution in [3.63, 3.8) is 0 Å². The number of aryl methyl sites for hydroxylation is 1. The Labute approximate surface area is 126 Å². The second-order valence-electron chi connectivity index (χ2n) is 4.13. The molecule has 2 nitrogen and oxygen atoms in total. The van der Waals surface area contributed by atoms with Crippen molar-refractivity contribution in [2.45, 2.75) is 23.4 Å². The van der Waals surface area contributed by atoms with Gasteiger partial charge >= 0.3 is 0 Å². The van der Waals surface area contributed by atoms with Crippen LogP contribution >= 0.6 is 23.1 Å². The van der Waals surface area contributed by atoms with E-state index in [2.05, 4.69) is 16.8 Å². The highest BCUT2D eigenvalue weighted by Gasteiger charge is 2.05. The number of aliphatic hydroxyl groups is 1. The number of thiazole rings is 1. The number of rotatable bonds is 4. The second kappa shape index (κ2) is 7.44. The summed E-state index contributed by atoms with van der Waals surface area (Å²) < 4.78 is 14.9. The van der Waals surface area contributed by atoms with Crippen molar-refractivity contribution in [3.05, 3.63) is 46.2 Å². The molecule has 0 saturated carbocycles. The van der Waals surface area contributed by atoms with Gasteiger partial charge in [-0.15, -0.1) is 11.3 Å². The fourth-order valence-electron chi connectivity index (χ4n) is 1.50. The first-order chi connectivity index (χ1) is 9.69. The maximum Gasteiger partial charge on any atom is 0.150 e. The van der Waals surface area contributed by atoms with Gasteiger partial charge in [0, 0.05) is 28.8 Å². The predicted molar refractivity (Wildman–Crippen MR) is 81.4 cm³/mol. The number of halogens is 1. The molecule has 20 heavy (non-hydrogen) atoms. The molecule has 0 amide bonds. The molecule has 104 valence electrons. The smallest absolute Gasteiger partial charge is 0.150 e. The lowest BCUT2D eigenvalue weighted by Crippen LogP contribution is -1.89. The summed E-state index contributed by atoms with van der Waals surface area (Å²) in [5, 5.41) is 10.6. The van der Waals surface area contributed by atoms with Gasteiger partial charge in [-0.2, -0.15) is 0 Å². The lowest BCUT2D eigenvalue weighted by molar-refractivity contribution is 0.305. The van der Waals surface area contributed by atoms with Crippen LogP contribution in [0.2, 0.25) is 0 Å². The molecule has 1 aromatic heterocycles. The van der Waals surface area contributed by atoms with Crippen LogP contribution < -0.4 is 0 Å². The minimum atomic E-state index is -0.249. The van der Waals surface area contributed by atoms with E-state index in [1.165, 1.54) is 17.8 Å². The van der Waals surface area contributed by atoms with Crippen LogP contribution in [-0.4, -0.2) is 16.7 Å². The second-order valence-corrected chi connectivity index (χ2v) is 6.21. The van der Waals surface area contributed by atoms with Crippen LogP contribution in [0.25, 0.3) is 0 Å². The van der Waals surface area contributed by atoms with Gasteiger partial charge in [0.05, 0.1) is 6.61 Å². The number of nitrogens with zero attached hydrogens (tertiary/aromatic N) is 1. The van der Waals surface area contributed by atoms with Gasteiger partial charge in [0.2, 0.25) is 0 Å². The minimum Gasteiger partial charge on any atom is -0.395 e. The van der Waals surface area contributed by atoms with Crippen molar-refractivity contribution in [1.82, 2.24) is 4.98 Å². The van der Waals surface area contributed by atoms with Gasteiger partial charge in [0.1, 0.15) is 10.2 Å². The zero-order valence-corrected chi connectivity index (χ0v) is 12.7. The number of aromatic nitrogens is 1. The first-order valence-corrected chi connectivity index (χ1v) is 7.98. The van der Waals surface area contributed by atoms with Crippen LogP contribution in [0.1, 0.15) is 23.2 Å². The summed E-state index contributed by atoms with van der Waals surface area (Å²) in [4.78, 5) is 4.34. The SMILES string of the molecule is Cc1csc(SCc2ccc(C#CCCO)cc2F)n1. The average Bonchev–Trinajstić information content (AvgIpc) is 2.84. The molecule has 0 bridgehead atoms. The Hall–Kier alpha value is -1.35. The fraction of sp³-hybridized carbons (Fsp3) is 0.267. The van der Waals surface area contributed by atoms with Crippen molar-refractivity contribution in [1.29, 1.82) is 0 Å². The molecule has 0 unspecified atom stereocenters. The first kappa shape index (κ1) is 15.0. The molecule has 1 aromatic carbocycles. The van der Waals surface area contributed by atoms with E-state index < -0.39 is 0 Å². The van der Waals surface area contributed by atoms with Gasteiger partial charge in [-0.25, -0.2) is 9.37 Å². The average molecular weight is 307 g/mol. The van der Waals surface area contributed by atoms with Gasteiger partial charge < -0.3 is 5.11 Å². The van der Waals surface area contributed by atoms with E-state index in [9.17, 15) is 4.39 Å². The van der Waals surface area contributed by atoms with Crippen LogP contribution in [-0.2, 0) is 5.75 Å². The Bertz CT molecular complexity index is 643. The summed E-state index contributed by atoms with van der Waals surface area (Å²) in [6.45, 7) is 1.97. The van der Waals surface area contributed by atoms with Crippen molar-refractivity contribution < 1.29 is 9.50 Å². The third-order valence-corrected chi connectivity index (χ3v) is 4.66. The van der Waals surface area contributed by atoms with E-state index in [1.54, 1.807) is 23.5 Å². The standard InChI is InChI=1S/C15H14FNOS2/c1-11-9-19-15(17-11)20-10-13-6-5-12(8-14(13)16)4-2-3-7-18/h5-6,8-9,18H,3,7,10H2,1H3. The quantitative estimate of drug-likeness (QED) is 0.692. The highest BCUT2D eigenvalue weighted by molar-refractivity contribution is 8.00. The Kier molecular flexibility index (Phi) is 5.60. The van der Waals surface area contributed by atoms with E-state index in [0.29, 0.717) is 23.3 Å². The highest BCUT2D eigenvalue weighted by Crippen LogP contribution is 2.27. The van der Waals surface area contributed by atoms with E-state index >= 15 is 0 Å². The van der Waals surface area contributed by atoms with Crippen LogP contribution in [0.3, 0.4) is 0 Å². The molecule has 0 radical (unpaired) electrons. The summed E-state index contributed by atoms with van der Waals surface area (Å²) in [6.07, 6.45) is 0.405. The molecule has 0 atom stereocenters. The van der Waals surface area contributed by atoms with E-state index in [0.717, 1.165) is 10.0 Å². The Balaban J connectivity index is 2.01. The van der Waals surface area contributed by atoms with Crippen LogP contribution in [0.15, 0.2) is 27.9 Å². The third-order valence-electron chi connectivity index (χ3n) is 2.47. The predicted octanol–water partition coefficient (Wildman–Crippen LogP) is 3.62. The Morgan fingerprint density at radius 1 is 1.45 bits per heavy atom. The molecule has 0 aliphatic rings. The zero-order valence-electron chi connectivity index (χ0n) is 11.0. The molecule has 2 aromatic rings. The molecule has 0 aliphatic heterocycles. The molecular formula is C15H14FNOS2. The molecule has 0 fully saturated rings. The molecule has 0 spiro atoms. The van der Waals surface area contributed by atoms with Crippen LogP contribution in [0.4, 0.5) is 4.39 Å². The summed E-state index contributed by atoms with van der Waals surface area (Å²) in [5.41, 5.74) is 2.28. The number of thioether (sulfide) groups is 1. The van der Waals surface area contributed by atoms with Crippen molar-refractivity contribution in [2.75, 3.05) is 6.61 Å². The van der Waals surface area contributed by atoms with Crippen molar-refractivity contribution in [2.24, 2.45) is 0 Å². The lowest BCUT2D eigenvalue weighted by atomic mass is 10.1. The molecule has 0 aliphatic carbocycles. The number of hydrogen-bond donors (Lipinski definition) is 1. The van der Waals surface area contributed by atoms with Gasteiger partial charge in [-0.05, 0) is 24.6 Å². The van der Waals surface area contributed by atoms with E-state index in [4.69, 9.17) is 5.11 Å². The first-order valence-electron chi connectivity index (χ1n) is 6.12. The maximum atomic E-state index is 13.9. The summed E-state index contributed by atoms with van der Waals surface area (Å²) >= 11 is 3.11. The number of benzene rings is 1. The van der Waals surface area contributed by atoms with E-state index in [1.807, 2.05) is 12.3 Å². The highest BCUT2D eigenvalue weighted by atomic mass is 32.2. The Morgan fingerprint density at radius 3 is 2.95 bits per heavy atom. The minimum absolute atomic E-state index is 0.0252. The summed E-state index contributed by atoms with van der Waals surface area (Å²) in [7, 11) is 0. The largest absolute Gasteiger partial charge is 0.395 e. The number of hydrogen-bond acceptors (Lipinski definition) is 4. The van der Waals surface area contributed by atoms with Gasteiger partial charge in [0.25, 0.3) is 0 Å². The van der Waals surface area contributed by atoms with Gasteiger partial charge in [0.15, 0.2) is 0 Å². The maximum absolute atomic E-state index is 13.9. The monoisotopic (exact) mass is 307 g/mol. The van der Waals surface area contributed by atoms with Crippen molar-refractivity contribution >= 4 is 23.1 Å². The fourth-order valence-corrected chi connectivity index (χ4v) is 3.34. The van der Waals surface area contributed by atoms with E-state index in [-0.39, 0.29) is 12.4 Å². The lowest BCUT2D eigenvalue weighted by Gasteiger charge is -2.02. The molecule has 5 heteroatoms. The molecule has 1 N–H and O–H groups in total. The third kappa shape index (κ3) is 4.34. The normalized spacial score (nSPS) is 10.2. The van der Waals surface area contributed by atoms with Crippen LogP contribution in [0, 0.1) is 24.6 Å². The molecule has 1 heterocycles. The Morgan fingerprint density at radius 2 is 2.30 bits per heavy atom. The zero-order chi connectivity index (χ0) is 14.4. The molecule has 2 rings (SSSR count). The summed E-state index contributed by atoms with van der Waals surface area (Å²) in [6, 6.07) is 5.00. The number of aliphatic hydroxyl groups excluding tert-OH is 1. The molecule has 0 saturated heterocycles. The van der Waals surface area contributed by atoms with Gasteiger partial charge in [-0.3, -0.25) is 0 Å². The molecular weight excluding hydrogens is 293 g/mol. The van der Waals surface area contributed by atoms with Crippen molar-refractivity contribution in [3.8, 4) is 11.8 Å².